The lowest BCUT2D eigenvalue weighted by Crippen LogP contribution is -2.54. The van der Waals surface area contributed by atoms with E-state index in [-0.39, 0.29) is 17.1 Å². The summed E-state index contributed by atoms with van der Waals surface area (Å²) in [4.78, 5) is 17.8. The number of nitrogens with two attached hydrogens (primary N) is 1. The number of rotatable bonds is 3. The van der Waals surface area contributed by atoms with Gasteiger partial charge in [0.1, 0.15) is 6.61 Å². The molecule has 150 valence electrons. The predicted molar refractivity (Wildman–Crippen MR) is 104 cm³/mol. The molecule has 2 N–H and O–H groups in total. The topological polar surface area (TPSA) is 64.7 Å². The quantitative estimate of drug-likeness (QED) is 0.459. The molecule has 4 saturated carbocycles. The Morgan fingerprint density at radius 2 is 2.07 bits per heavy atom. The van der Waals surface area contributed by atoms with Gasteiger partial charge in [0.2, 0.25) is 0 Å². The number of fused-ring (bicyclic) bond motifs is 5. The van der Waals surface area contributed by atoms with Gasteiger partial charge in [-0.15, -0.1) is 0 Å². The number of oxime groups is 1. The summed E-state index contributed by atoms with van der Waals surface area (Å²) in [5.41, 5.74) is 7.58. The third-order valence-corrected chi connectivity index (χ3v) is 8.56. The molecule has 4 nitrogen and oxygen atoms in total. The smallest absolute Gasteiger partial charge is 0.173 e. The molecule has 4 fully saturated rings. The number of carbonyl (C=O) groups excluding carboxylic acids is 1. The van der Waals surface area contributed by atoms with Crippen LogP contribution in [0.5, 0.6) is 0 Å². The van der Waals surface area contributed by atoms with E-state index in [1.807, 2.05) is 6.92 Å². The zero-order valence-electron chi connectivity index (χ0n) is 16.7. The minimum absolute atomic E-state index is 0.140. The van der Waals surface area contributed by atoms with E-state index in [9.17, 15) is 9.18 Å². The van der Waals surface area contributed by atoms with Crippen LogP contribution in [-0.2, 0) is 9.63 Å². The van der Waals surface area contributed by atoms with Crippen molar-refractivity contribution in [1.29, 1.82) is 0 Å². The maximum absolute atomic E-state index is 14.3. The van der Waals surface area contributed by atoms with Crippen molar-refractivity contribution in [2.75, 3.05) is 13.2 Å². The Morgan fingerprint density at radius 3 is 2.81 bits per heavy atom. The summed E-state index contributed by atoms with van der Waals surface area (Å²) in [6, 6.07) is 0. The van der Waals surface area contributed by atoms with Crippen LogP contribution in [0.15, 0.2) is 17.3 Å². The first-order valence-electron chi connectivity index (χ1n) is 10.5. The molecule has 0 aliphatic heterocycles. The molecule has 0 saturated heterocycles. The molecule has 27 heavy (non-hydrogen) atoms. The van der Waals surface area contributed by atoms with Crippen molar-refractivity contribution in [2.24, 2.45) is 45.4 Å². The monoisotopic (exact) mass is 376 g/mol. The van der Waals surface area contributed by atoms with Crippen LogP contribution >= 0.6 is 0 Å². The van der Waals surface area contributed by atoms with Crippen molar-refractivity contribution in [3.63, 3.8) is 0 Å². The van der Waals surface area contributed by atoms with Crippen LogP contribution in [0, 0.1) is 34.5 Å². The molecule has 7 unspecified atom stereocenters. The van der Waals surface area contributed by atoms with Gasteiger partial charge in [0, 0.05) is 12.0 Å². The minimum Gasteiger partial charge on any atom is -0.395 e. The van der Waals surface area contributed by atoms with Gasteiger partial charge in [-0.2, -0.15) is 0 Å². The zero-order chi connectivity index (χ0) is 19.4. The summed E-state index contributed by atoms with van der Waals surface area (Å²) in [5.74, 6) is 1.40. The second-order valence-electron chi connectivity index (χ2n) is 9.80. The lowest BCUT2D eigenvalue weighted by Gasteiger charge is -2.60. The van der Waals surface area contributed by atoms with Gasteiger partial charge in [-0.3, -0.25) is 4.79 Å². The van der Waals surface area contributed by atoms with Crippen molar-refractivity contribution >= 4 is 11.5 Å². The lowest BCUT2D eigenvalue weighted by molar-refractivity contribution is -0.136. The Labute approximate surface area is 161 Å². The summed E-state index contributed by atoms with van der Waals surface area (Å²) in [5, 5.41) is 4.32. The second-order valence-corrected chi connectivity index (χ2v) is 9.80. The molecule has 0 heterocycles. The van der Waals surface area contributed by atoms with Crippen molar-refractivity contribution in [3.05, 3.63) is 12.2 Å². The molecular weight excluding hydrogens is 343 g/mol. The molecule has 0 bridgehead atoms. The van der Waals surface area contributed by atoms with E-state index in [1.165, 1.54) is 5.57 Å². The van der Waals surface area contributed by atoms with E-state index in [4.69, 9.17) is 10.6 Å². The maximum atomic E-state index is 14.3. The zero-order valence-corrected chi connectivity index (χ0v) is 16.7. The summed E-state index contributed by atoms with van der Waals surface area (Å²) < 4.78 is 14.3. The van der Waals surface area contributed by atoms with Crippen LogP contribution in [0.3, 0.4) is 0 Å². The number of halogens is 1. The van der Waals surface area contributed by atoms with Gasteiger partial charge in [-0.1, -0.05) is 31.2 Å². The van der Waals surface area contributed by atoms with Gasteiger partial charge >= 0.3 is 0 Å². The Bertz CT molecular complexity index is 677. The molecule has 0 aromatic rings. The first kappa shape index (κ1) is 19.1. The predicted octanol–water partition coefficient (Wildman–Crippen LogP) is 4.04. The summed E-state index contributed by atoms with van der Waals surface area (Å²) >= 11 is 0. The normalized spacial score (nSPS) is 48.1. The van der Waals surface area contributed by atoms with E-state index < -0.39 is 11.6 Å². The minimum atomic E-state index is -1.26. The van der Waals surface area contributed by atoms with Gasteiger partial charge in [0.25, 0.3) is 0 Å². The van der Waals surface area contributed by atoms with Gasteiger partial charge < -0.3 is 10.6 Å². The first-order chi connectivity index (χ1) is 12.8. The van der Waals surface area contributed by atoms with Crippen LogP contribution in [0.1, 0.15) is 58.8 Å². The van der Waals surface area contributed by atoms with E-state index in [0.717, 1.165) is 44.2 Å². The number of ketones is 1. The highest BCUT2D eigenvalue weighted by Gasteiger charge is 2.63. The number of alkyl halides is 1. The highest BCUT2D eigenvalue weighted by atomic mass is 19.1. The van der Waals surface area contributed by atoms with E-state index >= 15 is 0 Å². The fourth-order valence-corrected chi connectivity index (χ4v) is 7.07. The SMILES string of the molecule is C=C1CC2C3CC(F)C(=O)C3(C)CCC2C2(C)CCC(=NOCCN)CC12. The second kappa shape index (κ2) is 6.68. The molecule has 4 rings (SSSR count). The average Bonchev–Trinajstić information content (AvgIpc) is 2.87. The fraction of sp³-hybridized carbons (Fsp3) is 0.818. The number of carbonyl (C=O) groups is 1. The lowest BCUT2D eigenvalue weighted by atomic mass is 9.44. The van der Waals surface area contributed by atoms with Crippen LogP contribution in [-0.4, -0.2) is 30.8 Å². The number of nitrogens with zero attached hydrogens (tertiary/aromatic N) is 1. The summed E-state index contributed by atoms with van der Waals surface area (Å²) in [6.45, 7) is 9.80. The Hall–Kier alpha value is -1.23. The molecule has 5 heteroatoms. The molecule has 0 amide bonds. The summed E-state index contributed by atoms with van der Waals surface area (Å²) in [6.07, 6.45) is 4.89. The molecule has 7 atom stereocenters. The number of allylic oxidation sites excluding steroid dienone is 1. The van der Waals surface area contributed by atoms with E-state index in [1.54, 1.807) is 0 Å². The highest BCUT2D eigenvalue weighted by molar-refractivity contribution is 5.91. The van der Waals surface area contributed by atoms with Gasteiger partial charge in [0.05, 0.1) is 5.71 Å². The van der Waals surface area contributed by atoms with E-state index in [0.29, 0.717) is 37.3 Å². The Balaban J connectivity index is 1.58. The third-order valence-electron chi connectivity index (χ3n) is 8.56. The Morgan fingerprint density at radius 1 is 1.30 bits per heavy atom. The number of Topliss-reactive ketones (excluding diaryl/α,β-unsaturated/α-hetero) is 1. The fourth-order valence-electron chi connectivity index (χ4n) is 7.07. The third kappa shape index (κ3) is 2.80. The Kier molecular flexibility index (Phi) is 4.73. The molecule has 4 aliphatic rings. The molecule has 0 aromatic carbocycles. The maximum Gasteiger partial charge on any atom is 0.173 e. The molecule has 0 radical (unpaired) electrons. The van der Waals surface area contributed by atoms with Crippen molar-refractivity contribution in [1.82, 2.24) is 0 Å². The van der Waals surface area contributed by atoms with Crippen molar-refractivity contribution in [3.8, 4) is 0 Å². The van der Waals surface area contributed by atoms with Gasteiger partial charge in [-0.05, 0) is 74.0 Å². The van der Waals surface area contributed by atoms with E-state index in [2.05, 4.69) is 18.7 Å². The van der Waals surface area contributed by atoms with Gasteiger partial charge in [0.15, 0.2) is 12.0 Å². The standard InChI is InChI=1S/C22H33FN2O2/c1-13-10-15-16(5-7-22(3)18(15)12-19(23)20(22)26)21(2)6-4-14(11-17(13)21)25-27-9-8-24/h15-19H,1,4-12,24H2,2-3H3. The summed E-state index contributed by atoms with van der Waals surface area (Å²) in [7, 11) is 0. The number of hydrogen-bond acceptors (Lipinski definition) is 4. The first-order valence-corrected chi connectivity index (χ1v) is 10.5. The number of hydrogen-bond donors (Lipinski definition) is 1. The largest absolute Gasteiger partial charge is 0.395 e. The van der Waals surface area contributed by atoms with Crippen LogP contribution < -0.4 is 5.73 Å². The highest BCUT2D eigenvalue weighted by Crippen LogP contribution is 2.66. The average molecular weight is 377 g/mol. The van der Waals surface area contributed by atoms with Crippen molar-refractivity contribution in [2.45, 2.75) is 65.0 Å². The molecular formula is C22H33FN2O2. The van der Waals surface area contributed by atoms with Gasteiger partial charge in [-0.25, -0.2) is 4.39 Å². The molecule has 4 aliphatic carbocycles. The van der Waals surface area contributed by atoms with Crippen LogP contribution in [0.2, 0.25) is 0 Å². The molecule has 0 spiro atoms. The van der Waals surface area contributed by atoms with Crippen LogP contribution in [0.4, 0.5) is 4.39 Å². The van der Waals surface area contributed by atoms with Crippen molar-refractivity contribution < 1.29 is 14.0 Å². The van der Waals surface area contributed by atoms with Crippen LogP contribution in [0.25, 0.3) is 0 Å². The molecule has 0 aromatic heterocycles.